The van der Waals surface area contributed by atoms with Crippen molar-refractivity contribution in [2.45, 2.75) is 24.3 Å². The summed E-state index contributed by atoms with van der Waals surface area (Å²) in [6.07, 6.45) is 0.681. The van der Waals surface area contributed by atoms with Crippen LogP contribution in [0.5, 0.6) is 0 Å². The molecule has 1 fully saturated rings. The third-order valence-corrected chi connectivity index (χ3v) is 9.46. The highest BCUT2D eigenvalue weighted by molar-refractivity contribution is 7.89. The van der Waals surface area contributed by atoms with Crippen molar-refractivity contribution in [3.63, 3.8) is 0 Å². The molecule has 0 spiro atoms. The van der Waals surface area contributed by atoms with Crippen LogP contribution in [0.2, 0.25) is 10.0 Å². The number of carbonyl (C=O) groups excluding carboxylic acids is 1. The van der Waals surface area contributed by atoms with Gasteiger partial charge in [0.15, 0.2) is 4.80 Å². The first-order chi connectivity index (χ1) is 16.2. The zero-order chi connectivity index (χ0) is 24.5. The Morgan fingerprint density at radius 1 is 1.15 bits per heavy atom. The second kappa shape index (κ2) is 10.4. The molecule has 1 aliphatic rings. The van der Waals surface area contributed by atoms with Crippen molar-refractivity contribution in [3.05, 3.63) is 57.1 Å². The standard InChI is InChI=1S/C22H22Cl2FN3O4S2/c1-32-13-12-28-19-17(23)6-7-18(24)20(19)33-22(28)26-21(29)14-8-10-27(11-9-14)34(30,31)16-4-2-15(25)3-5-16/h2-7,14H,8-13H2,1H3. The van der Waals surface area contributed by atoms with Gasteiger partial charge in [0.05, 0.1) is 31.8 Å². The first-order valence-corrected chi connectivity index (χ1v) is 13.5. The lowest BCUT2D eigenvalue weighted by Gasteiger charge is -2.29. The van der Waals surface area contributed by atoms with E-state index >= 15 is 0 Å². The molecule has 12 heteroatoms. The lowest BCUT2D eigenvalue weighted by molar-refractivity contribution is -0.122. The summed E-state index contributed by atoms with van der Waals surface area (Å²) in [6, 6.07) is 8.12. The van der Waals surface area contributed by atoms with Crippen LogP contribution >= 0.6 is 34.5 Å². The molecule has 1 amide bonds. The minimum atomic E-state index is -3.75. The minimum absolute atomic E-state index is 0.0292. The lowest BCUT2D eigenvalue weighted by atomic mass is 9.98. The number of sulfonamides is 1. The molecule has 0 N–H and O–H groups in total. The predicted octanol–water partition coefficient (Wildman–Crippen LogP) is 4.32. The number of halogens is 3. The normalized spacial score (nSPS) is 16.4. The molecular formula is C22H22Cl2FN3O4S2. The SMILES string of the molecule is COCCn1c(=NC(=O)C2CCN(S(=O)(=O)c3ccc(F)cc3)CC2)sc2c(Cl)ccc(Cl)c21. The number of benzene rings is 2. The lowest BCUT2D eigenvalue weighted by Crippen LogP contribution is -2.40. The van der Waals surface area contributed by atoms with Gasteiger partial charge in [-0.25, -0.2) is 12.8 Å². The predicted molar refractivity (Wildman–Crippen MR) is 130 cm³/mol. The van der Waals surface area contributed by atoms with Gasteiger partial charge >= 0.3 is 0 Å². The summed E-state index contributed by atoms with van der Waals surface area (Å²) in [6.45, 7) is 1.20. The second-order valence-corrected chi connectivity index (χ2v) is 11.5. The number of hydrogen-bond acceptors (Lipinski definition) is 5. The molecule has 0 saturated carbocycles. The third-order valence-electron chi connectivity index (χ3n) is 5.71. The topological polar surface area (TPSA) is 81.0 Å². The van der Waals surface area contributed by atoms with Gasteiger partial charge in [-0.2, -0.15) is 9.30 Å². The smallest absolute Gasteiger partial charge is 0.251 e. The molecular weight excluding hydrogens is 524 g/mol. The average Bonchev–Trinajstić information content (AvgIpc) is 3.19. The number of methoxy groups -OCH3 is 1. The maximum Gasteiger partial charge on any atom is 0.251 e. The molecule has 2 heterocycles. The number of ether oxygens (including phenoxy) is 1. The van der Waals surface area contributed by atoms with E-state index in [1.54, 1.807) is 19.2 Å². The average molecular weight is 546 g/mol. The van der Waals surface area contributed by atoms with Gasteiger partial charge in [0.25, 0.3) is 5.91 Å². The zero-order valence-corrected chi connectivity index (χ0v) is 21.4. The van der Waals surface area contributed by atoms with Gasteiger partial charge in [0.2, 0.25) is 10.0 Å². The molecule has 7 nitrogen and oxygen atoms in total. The molecule has 2 aromatic carbocycles. The van der Waals surface area contributed by atoms with Crippen molar-refractivity contribution in [1.29, 1.82) is 0 Å². The highest BCUT2D eigenvalue weighted by atomic mass is 35.5. The van der Waals surface area contributed by atoms with Crippen LogP contribution in [0, 0.1) is 11.7 Å². The van der Waals surface area contributed by atoms with Crippen LogP contribution in [0.15, 0.2) is 46.3 Å². The van der Waals surface area contributed by atoms with Gasteiger partial charge in [0.1, 0.15) is 5.82 Å². The fourth-order valence-electron chi connectivity index (χ4n) is 3.87. The van der Waals surface area contributed by atoms with Gasteiger partial charge < -0.3 is 9.30 Å². The van der Waals surface area contributed by atoms with Gasteiger partial charge in [-0.15, -0.1) is 0 Å². The number of carbonyl (C=O) groups is 1. The summed E-state index contributed by atoms with van der Waals surface area (Å²) in [5.41, 5.74) is 0.697. The first-order valence-electron chi connectivity index (χ1n) is 10.5. The summed E-state index contributed by atoms with van der Waals surface area (Å²) in [7, 11) is -2.17. The maximum atomic E-state index is 13.2. The monoisotopic (exact) mass is 545 g/mol. The molecule has 4 rings (SSSR count). The number of nitrogens with zero attached hydrogens (tertiary/aromatic N) is 3. The highest BCUT2D eigenvalue weighted by Gasteiger charge is 2.32. The van der Waals surface area contributed by atoms with Crippen LogP contribution in [0.3, 0.4) is 0 Å². The Morgan fingerprint density at radius 2 is 1.79 bits per heavy atom. The van der Waals surface area contributed by atoms with E-state index < -0.39 is 21.8 Å². The molecule has 0 atom stereocenters. The summed E-state index contributed by atoms with van der Waals surface area (Å²) in [5, 5.41) is 1.02. The van der Waals surface area contributed by atoms with Crippen LogP contribution in [0.1, 0.15) is 12.8 Å². The quantitative estimate of drug-likeness (QED) is 0.461. The summed E-state index contributed by atoms with van der Waals surface area (Å²) >= 11 is 14.0. The Morgan fingerprint density at radius 3 is 2.44 bits per heavy atom. The molecule has 1 aliphatic heterocycles. The van der Waals surface area contributed by atoms with Crippen molar-refractivity contribution in [1.82, 2.24) is 8.87 Å². The molecule has 0 bridgehead atoms. The Kier molecular flexibility index (Phi) is 7.75. The van der Waals surface area contributed by atoms with Crippen molar-refractivity contribution in [2.75, 3.05) is 26.8 Å². The Labute approximate surface area is 210 Å². The van der Waals surface area contributed by atoms with E-state index in [4.69, 9.17) is 27.9 Å². The van der Waals surface area contributed by atoms with Crippen molar-refractivity contribution in [2.24, 2.45) is 10.9 Å². The van der Waals surface area contributed by atoms with Crippen molar-refractivity contribution >= 4 is 60.7 Å². The van der Waals surface area contributed by atoms with E-state index in [1.807, 2.05) is 4.57 Å². The second-order valence-electron chi connectivity index (χ2n) is 7.82. The summed E-state index contributed by atoms with van der Waals surface area (Å²) < 4.78 is 47.9. The Hall–Kier alpha value is -1.82. The van der Waals surface area contributed by atoms with E-state index in [-0.39, 0.29) is 23.9 Å². The van der Waals surface area contributed by atoms with E-state index in [0.717, 1.165) is 16.8 Å². The van der Waals surface area contributed by atoms with Crippen LogP contribution < -0.4 is 4.80 Å². The van der Waals surface area contributed by atoms with Crippen LogP contribution in [-0.2, 0) is 26.1 Å². The highest BCUT2D eigenvalue weighted by Crippen LogP contribution is 2.32. The number of piperidine rings is 1. The van der Waals surface area contributed by atoms with Gasteiger partial charge in [-0.3, -0.25) is 4.79 Å². The number of fused-ring (bicyclic) bond motifs is 1. The number of hydrogen-bond donors (Lipinski definition) is 0. The zero-order valence-electron chi connectivity index (χ0n) is 18.2. The summed E-state index contributed by atoms with van der Waals surface area (Å²) in [5.74, 6) is -1.23. The number of amides is 1. The van der Waals surface area contributed by atoms with E-state index in [0.29, 0.717) is 46.4 Å². The molecule has 182 valence electrons. The number of rotatable bonds is 6. The van der Waals surface area contributed by atoms with Crippen LogP contribution in [0.4, 0.5) is 4.39 Å². The summed E-state index contributed by atoms with van der Waals surface area (Å²) in [4.78, 5) is 17.9. The van der Waals surface area contributed by atoms with Crippen LogP contribution in [0.25, 0.3) is 10.2 Å². The largest absolute Gasteiger partial charge is 0.383 e. The van der Waals surface area contributed by atoms with E-state index in [1.165, 1.54) is 27.8 Å². The fraction of sp³-hybridized carbons (Fsp3) is 0.364. The van der Waals surface area contributed by atoms with E-state index in [2.05, 4.69) is 4.99 Å². The first kappa shape index (κ1) is 25.3. The van der Waals surface area contributed by atoms with E-state index in [9.17, 15) is 17.6 Å². The third kappa shape index (κ3) is 5.07. The molecule has 34 heavy (non-hydrogen) atoms. The Bertz CT molecular complexity index is 1380. The molecule has 3 aromatic rings. The van der Waals surface area contributed by atoms with Gasteiger partial charge in [0, 0.05) is 32.7 Å². The maximum absolute atomic E-state index is 13.2. The molecule has 0 radical (unpaired) electrons. The molecule has 1 saturated heterocycles. The van der Waals surface area contributed by atoms with Crippen LogP contribution in [-0.4, -0.2) is 50.0 Å². The number of thiazole rings is 1. The molecule has 1 aromatic heterocycles. The van der Waals surface area contributed by atoms with Crippen molar-refractivity contribution < 1.29 is 22.3 Å². The number of aromatic nitrogens is 1. The molecule has 0 aliphatic carbocycles. The fourth-order valence-corrected chi connectivity index (χ4v) is 7.02. The van der Waals surface area contributed by atoms with Gasteiger partial charge in [-0.1, -0.05) is 34.5 Å². The Balaban J connectivity index is 1.56. The van der Waals surface area contributed by atoms with Crippen molar-refractivity contribution in [3.8, 4) is 0 Å². The minimum Gasteiger partial charge on any atom is -0.383 e. The van der Waals surface area contributed by atoms with Gasteiger partial charge in [-0.05, 0) is 49.2 Å². The molecule has 0 unspecified atom stereocenters.